The molecule has 0 aromatic heterocycles. The zero-order chi connectivity index (χ0) is 20.3. The average Bonchev–Trinajstić information content (AvgIpc) is 2.89. The summed E-state index contributed by atoms with van der Waals surface area (Å²) in [6.07, 6.45) is 9.20. The second kappa shape index (κ2) is 7.42. The second-order valence-corrected chi connectivity index (χ2v) is 12.0. The Kier molecular flexibility index (Phi) is 5.54. The van der Waals surface area contributed by atoms with Gasteiger partial charge in [-0.05, 0) is 80.0 Å². The van der Waals surface area contributed by atoms with Crippen LogP contribution in [0.4, 0.5) is 0 Å². The van der Waals surface area contributed by atoms with E-state index in [4.69, 9.17) is 9.47 Å². The standard InChI is InChI=1S/C23H35IO4/c1-13(25)27-16-9-10-22(3)15(11-16)5-6-17-18-7-8-20(24)23(18,4)12-19(21(17)22)28-14(2)26/h15-21H,5-12H2,1-4H3/t15-,16-,17-,18-,19+,20?,21+,22-,23-/m0/s1. The lowest BCUT2D eigenvalue weighted by Gasteiger charge is -2.62. The van der Waals surface area contributed by atoms with Gasteiger partial charge in [0.25, 0.3) is 0 Å². The molecule has 0 saturated heterocycles. The summed E-state index contributed by atoms with van der Waals surface area (Å²) in [4.78, 5) is 23.5. The molecule has 4 nitrogen and oxygen atoms in total. The van der Waals surface area contributed by atoms with E-state index in [-0.39, 0.29) is 29.6 Å². The van der Waals surface area contributed by atoms with Crippen LogP contribution >= 0.6 is 22.6 Å². The zero-order valence-electron chi connectivity index (χ0n) is 17.7. The largest absolute Gasteiger partial charge is 0.463 e. The molecule has 0 bridgehead atoms. The minimum Gasteiger partial charge on any atom is -0.463 e. The van der Waals surface area contributed by atoms with Crippen molar-refractivity contribution in [1.82, 2.24) is 0 Å². The fourth-order valence-corrected chi connectivity index (χ4v) is 8.99. The molecule has 28 heavy (non-hydrogen) atoms. The number of hydrogen-bond donors (Lipinski definition) is 0. The van der Waals surface area contributed by atoms with Gasteiger partial charge < -0.3 is 9.47 Å². The van der Waals surface area contributed by atoms with Crippen LogP contribution < -0.4 is 0 Å². The van der Waals surface area contributed by atoms with E-state index in [9.17, 15) is 9.59 Å². The number of fused-ring (bicyclic) bond motifs is 5. The molecular formula is C23H35IO4. The van der Waals surface area contributed by atoms with Crippen molar-refractivity contribution in [1.29, 1.82) is 0 Å². The summed E-state index contributed by atoms with van der Waals surface area (Å²) in [6, 6.07) is 0. The van der Waals surface area contributed by atoms with Gasteiger partial charge in [0.1, 0.15) is 12.2 Å². The number of ether oxygens (including phenoxy) is 2. The maximum absolute atomic E-state index is 12.0. The highest BCUT2D eigenvalue weighted by molar-refractivity contribution is 14.1. The molecule has 4 aliphatic carbocycles. The van der Waals surface area contributed by atoms with Crippen LogP contribution in [-0.4, -0.2) is 28.1 Å². The van der Waals surface area contributed by atoms with E-state index in [2.05, 4.69) is 36.4 Å². The number of rotatable bonds is 2. The van der Waals surface area contributed by atoms with E-state index in [0.29, 0.717) is 27.1 Å². The molecule has 0 heterocycles. The van der Waals surface area contributed by atoms with Gasteiger partial charge in [-0.25, -0.2) is 0 Å². The maximum atomic E-state index is 12.0. The van der Waals surface area contributed by atoms with Crippen LogP contribution in [0.5, 0.6) is 0 Å². The van der Waals surface area contributed by atoms with Crippen molar-refractivity contribution in [2.75, 3.05) is 0 Å². The van der Waals surface area contributed by atoms with Crippen molar-refractivity contribution < 1.29 is 19.1 Å². The molecule has 0 N–H and O–H groups in total. The molecular weight excluding hydrogens is 467 g/mol. The summed E-state index contributed by atoms with van der Waals surface area (Å²) in [5.74, 6) is 2.14. The molecule has 0 spiro atoms. The van der Waals surface area contributed by atoms with Gasteiger partial charge in [-0.3, -0.25) is 9.59 Å². The predicted octanol–water partition coefficient (Wildman–Crippen LogP) is 5.31. The third kappa shape index (κ3) is 3.31. The first-order valence-corrected chi connectivity index (χ1v) is 12.4. The minimum atomic E-state index is -0.160. The molecule has 0 radical (unpaired) electrons. The van der Waals surface area contributed by atoms with Gasteiger partial charge in [-0.1, -0.05) is 36.4 Å². The van der Waals surface area contributed by atoms with Crippen molar-refractivity contribution in [3.05, 3.63) is 0 Å². The summed E-state index contributed by atoms with van der Waals surface area (Å²) in [5, 5.41) is 0. The van der Waals surface area contributed by atoms with Crippen LogP contribution in [0.25, 0.3) is 0 Å². The van der Waals surface area contributed by atoms with Crippen LogP contribution in [0.2, 0.25) is 0 Å². The van der Waals surface area contributed by atoms with Gasteiger partial charge in [-0.2, -0.15) is 0 Å². The lowest BCUT2D eigenvalue weighted by molar-refractivity contribution is -0.196. The molecule has 4 fully saturated rings. The first kappa shape index (κ1) is 20.9. The maximum Gasteiger partial charge on any atom is 0.302 e. The number of hydrogen-bond acceptors (Lipinski definition) is 4. The van der Waals surface area contributed by atoms with Crippen LogP contribution in [-0.2, 0) is 19.1 Å². The summed E-state index contributed by atoms with van der Waals surface area (Å²) < 4.78 is 12.3. The molecule has 4 aliphatic rings. The van der Waals surface area contributed by atoms with Crippen molar-refractivity contribution in [2.45, 2.75) is 95.2 Å². The van der Waals surface area contributed by atoms with Gasteiger partial charge >= 0.3 is 11.9 Å². The monoisotopic (exact) mass is 502 g/mol. The topological polar surface area (TPSA) is 52.6 Å². The predicted molar refractivity (Wildman–Crippen MR) is 116 cm³/mol. The van der Waals surface area contributed by atoms with E-state index >= 15 is 0 Å². The first-order chi connectivity index (χ1) is 13.1. The highest BCUT2D eigenvalue weighted by Crippen LogP contribution is 2.67. The summed E-state index contributed by atoms with van der Waals surface area (Å²) >= 11 is 2.66. The molecule has 1 unspecified atom stereocenters. The molecule has 5 heteroatoms. The van der Waals surface area contributed by atoms with Crippen LogP contribution in [0.1, 0.15) is 79.1 Å². The summed E-state index contributed by atoms with van der Waals surface area (Å²) in [7, 11) is 0. The Morgan fingerprint density at radius 3 is 2.32 bits per heavy atom. The highest BCUT2D eigenvalue weighted by Gasteiger charge is 2.63. The minimum absolute atomic E-state index is 0.0391. The van der Waals surface area contributed by atoms with Crippen LogP contribution in [0.3, 0.4) is 0 Å². The normalized spacial score (nSPS) is 50.1. The fraction of sp³-hybridized carbons (Fsp3) is 0.913. The second-order valence-electron chi connectivity index (χ2n) is 10.5. The SMILES string of the molecule is CC(=O)O[C@H]1CC[C@@]2(C)[C@@H](CC[C@@H]3[C@@H]2[C@H](OC(C)=O)C[C@]2(C)C(I)CC[C@@H]32)C1. The number of alkyl halides is 1. The zero-order valence-corrected chi connectivity index (χ0v) is 19.9. The number of carbonyl (C=O) groups excluding carboxylic acids is 2. The Balaban J connectivity index is 1.64. The van der Waals surface area contributed by atoms with Crippen LogP contribution in [0.15, 0.2) is 0 Å². The van der Waals surface area contributed by atoms with Gasteiger partial charge in [0.2, 0.25) is 0 Å². The molecule has 158 valence electrons. The fourth-order valence-electron chi connectivity index (χ4n) is 7.91. The van der Waals surface area contributed by atoms with Crippen molar-refractivity contribution in [3.8, 4) is 0 Å². The molecule has 0 amide bonds. The van der Waals surface area contributed by atoms with Gasteiger partial charge in [0.05, 0.1) is 0 Å². The van der Waals surface area contributed by atoms with Gasteiger partial charge in [-0.15, -0.1) is 0 Å². The van der Waals surface area contributed by atoms with Crippen molar-refractivity contribution in [2.24, 2.45) is 34.5 Å². The molecule has 0 aliphatic heterocycles. The van der Waals surface area contributed by atoms with Crippen LogP contribution in [0, 0.1) is 34.5 Å². The van der Waals surface area contributed by atoms with E-state index in [1.807, 2.05) is 0 Å². The number of esters is 2. The molecule has 9 atom stereocenters. The number of halogens is 1. The Morgan fingerprint density at radius 1 is 0.929 bits per heavy atom. The lowest BCUT2D eigenvalue weighted by atomic mass is 9.44. The highest BCUT2D eigenvalue weighted by atomic mass is 127. The Bertz CT molecular complexity index is 651. The lowest BCUT2D eigenvalue weighted by Crippen LogP contribution is -2.60. The quantitative estimate of drug-likeness (QED) is 0.292. The van der Waals surface area contributed by atoms with Crippen molar-refractivity contribution >= 4 is 34.5 Å². The number of carbonyl (C=O) groups is 2. The van der Waals surface area contributed by atoms with E-state index in [0.717, 1.165) is 31.6 Å². The third-order valence-electron chi connectivity index (χ3n) is 9.06. The Labute approximate surface area is 183 Å². The van der Waals surface area contributed by atoms with E-state index in [1.165, 1.54) is 32.6 Å². The van der Waals surface area contributed by atoms with E-state index < -0.39 is 0 Å². The molecule has 4 saturated carbocycles. The molecule has 0 aromatic rings. The molecule has 4 rings (SSSR count). The van der Waals surface area contributed by atoms with E-state index in [1.54, 1.807) is 6.92 Å². The Hall–Kier alpha value is -0.330. The van der Waals surface area contributed by atoms with Gasteiger partial charge in [0, 0.05) is 23.7 Å². The summed E-state index contributed by atoms with van der Waals surface area (Å²) in [6.45, 7) is 8.00. The molecule has 0 aromatic carbocycles. The van der Waals surface area contributed by atoms with Crippen molar-refractivity contribution in [3.63, 3.8) is 0 Å². The first-order valence-electron chi connectivity index (χ1n) is 11.1. The third-order valence-corrected chi connectivity index (χ3v) is 11.1. The smallest absolute Gasteiger partial charge is 0.302 e. The Morgan fingerprint density at radius 2 is 1.64 bits per heavy atom. The average molecular weight is 502 g/mol. The summed E-state index contributed by atoms with van der Waals surface area (Å²) in [5.41, 5.74) is 0.477. The van der Waals surface area contributed by atoms with Gasteiger partial charge in [0.15, 0.2) is 0 Å².